The molecule has 2 rings (SSSR count). The van der Waals surface area contributed by atoms with Gasteiger partial charge in [0.05, 0.1) is 10.7 Å². The van der Waals surface area contributed by atoms with E-state index in [-0.39, 0.29) is 11.6 Å². The van der Waals surface area contributed by atoms with Crippen LogP contribution in [0.15, 0.2) is 36.4 Å². The maximum Gasteiger partial charge on any atom is 0.127 e. The van der Waals surface area contributed by atoms with Crippen LogP contribution in [0.5, 0.6) is 5.75 Å². The van der Waals surface area contributed by atoms with Crippen LogP contribution in [-0.2, 0) is 6.54 Å². The molecule has 0 aromatic heterocycles. The van der Waals surface area contributed by atoms with Crippen molar-refractivity contribution < 1.29 is 9.50 Å². The lowest BCUT2D eigenvalue weighted by Crippen LogP contribution is -2.00. The molecule has 0 saturated heterocycles. The van der Waals surface area contributed by atoms with Crippen LogP contribution in [0.3, 0.4) is 0 Å². The highest BCUT2D eigenvalue weighted by molar-refractivity contribution is 6.33. The Morgan fingerprint density at radius 2 is 1.89 bits per heavy atom. The van der Waals surface area contributed by atoms with Gasteiger partial charge in [0.25, 0.3) is 0 Å². The minimum absolute atomic E-state index is 0.231. The molecule has 2 nitrogen and oxygen atoms in total. The van der Waals surface area contributed by atoms with Crippen molar-refractivity contribution in [2.24, 2.45) is 0 Å². The van der Waals surface area contributed by atoms with Gasteiger partial charge < -0.3 is 10.4 Å². The number of hydrogen-bond acceptors (Lipinski definition) is 2. The van der Waals surface area contributed by atoms with Crippen LogP contribution in [0, 0.1) is 12.7 Å². The van der Waals surface area contributed by atoms with Crippen LogP contribution in [0.1, 0.15) is 11.1 Å². The molecule has 0 bridgehead atoms. The molecule has 0 fully saturated rings. The van der Waals surface area contributed by atoms with Gasteiger partial charge in [0.2, 0.25) is 0 Å². The highest BCUT2D eigenvalue weighted by atomic mass is 35.5. The minimum Gasteiger partial charge on any atom is -0.508 e. The van der Waals surface area contributed by atoms with Gasteiger partial charge in [0.1, 0.15) is 11.6 Å². The summed E-state index contributed by atoms with van der Waals surface area (Å²) in [4.78, 5) is 0. The summed E-state index contributed by atoms with van der Waals surface area (Å²) in [5.74, 6) is -0.0791. The predicted octanol–water partition coefficient (Wildman–Crippen LogP) is 4.11. The molecular formula is C14H13ClFNO. The van der Waals surface area contributed by atoms with E-state index in [1.165, 1.54) is 6.07 Å². The van der Waals surface area contributed by atoms with Crippen LogP contribution >= 0.6 is 11.6 Å². The average molecular weight is 266 g/mol. The highest BCUT2D eigenvalue weighted by Gasteiger charge is 2.05. The number of halogens is 2. The first kappa shape index (κ1) is 12.7. The van der Waals surface area contributed by atoms with Gasteiger partial charge in [-0.3, -0.25) is 0 Å². The molecule has 0 atom stereocenters. The Balaban J connectivity index is 2.10. The topological polar surface area (TPSA) is 32.3 Å². The number of anilines is 1. The Morgan fingerprint density at radius 1 is 1.22 bits per heavy atom. The Labute approximate surface area is 110 Å². The number of rotatable bonds is 3. The lowest BCUT2D eigenvalue weighted by atomic mass is 10.2. The molecule has 2 aromatic rings. The van der Waals surface area contributed by atoms with E-state index in [0.717, 1.165) is 5.56 Å². The van der Waals surface area contributed by atoms with E-state index < -0.39 is 0 Å². The van der Waals surface area contributed by atoms with Gasteiger partial charge in [-0.1, -0.05) is 23.7 Å². The molecule has 0 aliphatic carbocycles. The first-order valence-corrected chi connectivity index (χ1v) is 5.91. The molecule has 0 amide bonds. The highest BCUT2D eigenvalue weighted by Crippen LogP contribution is 2.25. The van der Waals surface area contributed by atoms with Gasteiger partial charge in [0, 0.05) is 6.54 Å². The van der Waals surface area contributed by atoms with E-state index in [1.807, 2.05) is 12.1 Å². The largest absolute Gasteiger partial charge is 0.508 e. The SMILES string of the molecule is Cc1cc(NCc2ccc(O)cc2)c(Cl)cc1F. The zero-order valence-corrected chi connectivity index (χ0v) is 10.6. The third-order valence-corrected chi connectivity index (χ3v) is 2.98. The molecule has 0 spiro atoms. The van der Waals surface area contributed by atoms with Crippen molar-refractivity contribution >= 4 is 17.3 Å². The van der Waals surface area contributed by atoms with Gasteiger partial charge in [-0.25, -0.2) is 4.39 Å². The average Bonchev–Trinajstić information content (AvgIpc) is 2.34. The molecular weight excluding hydrogens is 253 g/mol. The van der Waals surface area contributed by atoms with Crippen molar-refractivity contribution in [1.29, 1.82) is 0 Å². The predicted molar refractivity (Wildman–Crippen MR) is 71.6 cm³/mol. The summed E-state index contributed by atoms with van der Waals surface area (Å²) in [7, 11) is 0. The molecule has 0 aliphatic heterocycles. The second-order valence-electron chi connectivity index (χ2n) is 4.10. The minimum atomic E-state index is -0.310. The van der Waals surface area contributed by atoms with Gasteiger partial charge >= 0.3 is 0 Å². The summed E-state index contributed by atoms with van der Waals surface area (Å²) in [6.45, 7) is 2.25. The quantitative estimate of drug-likeness (QED) is 0.875. The first-order valence-electron chi connectivity index (χ1n) is 5.53. The van der Waals surface area contributed by atoms with Crippen LogP contribution in [-0.4, -0.2) is 5.11 Å². The first-order chi connectivity index (χ1) is 8.56. The van der Waals surface area contributed by atoms with Crippen LogP contribution in [0.25, 0.3) is 0 Å². The second-order valence-corrected chi connectivity index (χ2v) is 4.51. The molecule has 2 N–H and O–H groups in total. The van der Waals surface area contributed by atoms with Crippen molar-refractivity contribution in [2.75, 3.05) is 5.32 Å². The summed E-state index contributed by atoms with van der Waals surface area (Å²) in [6.07, 6.45) is 0. The maximum absolute atomic E-state index is 13.2. The lowest BCUT2D eigenvalue weighted by Gasteiger charge is -2.10. The van der Waals surface area contributed by atoms with Crippen LogP contribution < -0.4 is 5.32 Å². The van der Waals surface area contributed by atoms with Crippen molar-refractivity contribution in [1.82, 2.24) is 0 Å². The molecule has 2 aromatic carbocycles. The summed E-state index contributed by atoms with van der Waals surface area (Å²) < 4.78 is 13.2. The van der Waals surface area contributed by atoms with Crippen molar-refractivity contribution in [3.8, 4) is 5.75 Å². The molecule has 4 heteroatoms. The Kier molecular flexibility index (Phi) is 3.72. The van der Waals surface area contributed by atoms with Crippen LogP contribution in [0.4, 0.5) is 10.1 Å². The summed E-state index contributed by atoms with van der Waals surface area (Å²) in [5, 5.41) is 12.7. The zero-order valence-electron chi connectivity index (χ0n) is 9.87. The fraction of sp³-hybridized carbons (Fsp3) is 0.143. The number of hydrogen-bond donors (Lipinski definition) is 2. The Hall–Kier alpha value is -1.74. The van der Waals surface area contributed by atoms with Crippen molar-refractivity contribution in [3.05, 3.63) is 58.4 Å². The normalized spacial score (nSPS) is 10.4. The molecule has 94 valence electrons. The van der Waals surface area contributed by atoms with E-state index in [9.17, 15) is 4.39 Å². The number of phenolic OH excluding ortho intramolecular Hbond substituents is 1. The number of aryl methyl sites for hydroxylation is 1. The van der Waals surface area contributed by atoms with Gasteiger partial charge in [-0.15, -0.1) is 0 Å². The summed E-state index contributed by atoms with van der Waals surface area (Å²) >= 11 is 5.95. The van der Waals surface area contributed by atoms with Crippen molar-refractivity contribution in [3.63, 3.8) is 0 Å². The summed E-state index contributed by atoms with van der Waals surface area (Å²) in [6, 6.07) is 9.84. The summed E-state index contributed by atoms with van der Waals surface area (Å²) in [5.41, 5.74) is 2.25. The molecule has 0 saturated carbocycles. The van der Waals surface area contributed by atoms with E-state index in [2.05, 4.69) is 5.32 Å². The van der Waals surface area contributed by atoms with E-state index in [0.29, 0.717) is 22.8 Å². The van der Waals surface area contributed by atoms with E-state index in [1.54, 1.807) is 25.1 Å². The third-order valence-electron chi connectivity index (χ3n) is 2.67. The fourth-order valence-electron chi connectivity index (χ4n) is 1.60. The Morgan fingerprint density at radius 3 is 2.56 bits per heavy atom. The smallest absolute Gasteiger partial charge is 0.127 e. The number of phenols is 1. The Bertz CT molecular complexity index is 554. The third kappa shape index (κ3) is 2.93. The van der Waals surface area contributed by atoms with Gasteiger partial charge in [-0.05, 0) is 42.3 Å². The monoisotopic (exact) mass is 265 g/mol. The standard InChI is InChI=1S/C14H13ClFNO/c1-9-6-14(12(15)7-13(9)16)17-8-10-2-4-11(18)5-3-10/h2-7,17-18H,8H2,1H3. The molecule has 0 heterocycles. The maximum atomic E-state index is 13.2. The van der Waals surface area contributed by atoms with Crippen LogP contribution in [0.2, 0.25) is 5.02 Å². The van der Waals surface area contributed by atoms with Gasteiger partial charge in [-0.2, -0.15) is 0 Å². The fourth-order valence-corrected chi connectivity index (χ4v) is 1.82. The lowest BCUT2D eigenvalue weighted by molar-refractivity contribution is 0.475. The molecule has 0 radical (unpaired) electrons. The van der Waals surface area contributed by atoms with Gasteiger partial charge in [0.15, 0.2) is 0 Å². The number of benzene rings is 2. The van der Waals surface area contributed by atoms with Crippen molar-refractivity contribution in [2.45, 2.75) is 13.5 Å². The zero-order chi connectivity index (χ0) is 13.1. The van der Waals surface area contributed by atoms with E-state index in [4.69, 9.17) is 16.7 Å². The number of nitrogens with one attached hydrogen (secondary N) is 1. The van der Waals surface area contributed by atoms with E-state index >= 15 is 0 Å². The number of aromatic hydroxyl groups is 1. The second kappa shape index (κ2) is 5.27. The molecule has 18 heavy (non-hydrogen) atoms. The molecule has 0 unspecified atom stereocenters. The molecule has 0 aliphatic rings.